The van der Waals surface area contributed by atoms with E-state index in [-0.39, 0.29) is 23.5 Å². The highest BCUT2D eigenvalue weighted by molar-refractivity contribution is 8.18. The van der Waals surface area contributed by atoms with Crippen molar-refractivity contribution in [3.8, 4) is 11.5 Å². The monoisotopic (exact) mass is 416 g/mol. The molecule has 1 saturated heterocycles. The molecule has 1 amide bonds. The van der Waals surface area contributed by atoms with E-state index in [1.807, 2.05) is 0 Å². The van der Waals surface area contributed by atoms with Gasteiger partial charge in [-0.1, -0.05) is 18.2 Å². The summed E-state index contributed by atoms with van der Waals surface area (Å²) in [5.74, 6) is -0.759. The SMILES string of the molecule is COc1cc(C=C2SC(=NCC(=O)O)NC2=O)ccc1OCc1ccc(F)cc1. The van der Waals surface area contributed by atoms with Crippen LogP contribution < -0.4 is 14.8 Å². The van der Waals surface area contributed by atoms with Crippen LogP contribution in [0.5, 0.6) is 11.5 Å². The minimum atomic E-state index is -1.08. The highest BCUT2D eigenvalue weighted by Crippen LogP contribution is 2.32. The van der Waals surface area contributed by atoms with Gasteiger partial charge in [0.25, 0.3) is 5.91 Å². The number of aliphatic imine (C=N–C) groups is 1. The standard InChI is InChI=1S/C20H17FN2O5S/c1-27-16-8-13(9-17-19(26)23-20(29-17)22-10-18(24)25)4-7-15(16)28-11-12-2-5-14(21)6-3-12/h2-9H,10-11H2,1H3,(H,24,25)(H,22,23,26). The second-order valence-electron chi connectivity index (χ2n) is 5.91. The number of amidine groups is 1. The van der Waals surface area contributed by atoms with Gasteiger partial charge in [-0.2, -0.15) is 0 Å². The van der Waals surface area contributed by atoms with Crippen LogP contribution in [-0.4, -0.2) is 35.8 Å². The van der Waals surface area contributed by atoms with Crippen molar-refractivity contribution < 1.29 is 28.6 Å². The normalized spacial score (nSPS) is 16.1. The van der Waals surface area contributed by atoms with Crippen LogP contribution in [0.25, 0.3) is 6.08 Å². The summed E-state index contributed by atoms with van der Waals surface area (Å²) in [5, 5.41) is 11.4. The van der Waals surface area contributed by atoms with Gasteiger partial charge in [0.2, 0.25) is 0 Å². The lowest BCUT2D eigenvalue weighted by atomic mass is 10.2. The first-order chi connectivity index (χ1) is 13.9. The van der Waals surface area contributed by atoms with Gasteiger partial charge in [-0.3, -0.25) is 14.6 Å². The average molecular weight is 416 g/mol. The molecule has 0 atom stereocenters. The molecule has 150 valence electrons. The largest absolute Gasteiger partial charge is 0.493 e. The van der Waals surface area contributed by atoms with Crippen LogP contribution in [-0.2, 0) is 16.2 Å². The van der Waals surface area contributed by atoms with E-state index in [4.69, 9.17) is 14.6 Å². The fraction of sp³-hybridized carbons (Fsp3) is 0.150. The zero-order chi connectivity index (χ0) is 20.8. The van der Waals surface area contributed by atoms with Crippen LogP contribution in [0.3, 0.4) is 0 Å². The Labute approximate surface area is 170 Å². The van der Waals surface area contributed by atoms with Gasteiger partial charge in [0.1, 0.15) is 19.0 Å². The van der Waals surface area contributed by atoms with E-state index < -0.39 is 12.5 Å². The van der Waals surface area contributed by atoms with Gasteiger partial charge >= 0.3 is 5.97 Å². The second kappa shape index (κ2) is 9.24. The van der Waals surface area contributed by atoms with Crippen LogP contribution in [0.4, 0.5) is 4.39 Å². The highest BCUT2D eigenvalue weighted by atomic mass is 32.2. The van der Waals surface area contributed by atoms with Crippen LogP contribution in [0.1, 0.15) is 11.1 Å². The first kappa shape index (κ1) is 20.4. The molecule has 7 nitrogen and oxygen atoms in total. The smallest absolute Gasteiger partial charge is 0.325 e. The maximum atomic E-state index is 13.0. The van der Waals surface area contributed by atoms with Crippen molar-refractivity contribution in [3.63, 3.8) is 0 Å². The molecule has 0 spiro atoms. The van der Waals surface area contributed by atoms with Gasteiger partial charge in [0.05, 0.1) is 12.0 Å². The summed E-state index contributed by atoms with van der Waals surface area (Å²) in [6.45, 7) is -0.164. The lowest BCUT2D eigenvalue weighted by Gasteiger charge is -2.11. The Kier molecular flexibility index (Phi) is 6.50. The topological polar surface area (TPSA) is 97.2 Å². The molecule has 0 saturated carbocycles. The van der Waals surface area contributed by atoms with Crippen LogP contribution >= 0.6 is 11.8 Å². The van der Waals surface area contributed by atoms with Gasteiger partial charge in [-0.25, -0.2) is 4.39 Å². The van der Waals surface area contributed by atoms with Crippen molar-refractivity contribution in [1.82, 2.24) is 5.32 Å². The van der Waals surface area contributed by atoms with E-state index in [0.29, 0.717) is 22.0 Å². The number of ether oxygens (including phenoxy) is 2. The summed E-state index contributed by atoms with van der Waals surface area (Å²) >= 11 is 1.07. The van der Waals surface area contributed by atoms with Crippen molar-refractivity contribution in [2.45, 2.75) is 6.61 Å². The third-order valence-corrected chi connectivity index (χ3v) is 4.75. The molecular formula is C20H17FN2O5S. The summed E-state index contributed by atoms with van der Waals surface area (Å²) in [4.78, 5) is 26.8. The maximum absolute atomic E-state index is 13.0. The Morgan fingerprint density at radius 1 is 1.24 bits per heavy atom. The number of carboxylic acids is 1. The number of carbonyl (C=O) groups excluding carboxylic acids is 1. The maximum Gasteiger partial charge on any atom is 0.325 e. The molecule has 0 unspecified atom stereocenters. The first-order valence-corrected chi connectivity index (χ1v) is 9.28. The summed E-state index contributed by atoms with van der Waals surface area (Å²) in [6, 6.07) is 11.2. The highest BCUT2D eigenvalue weighted by Gasteiger charge is 2.24. The van der Waals surface area contributed by atoms with E-state index in [2.05, 4.69) is 10.3 Å². The number of carbonyl (C=O) groups is 2. The number of nitrogens with one attached hydrogen (secondary N) is 1. The van der Waals surface area contributed by atoms with Crippen molar-refractivity contribution >= 4 is 34.9 Å². The molecule has 3 rings (SSSR count). The molecule has 1 fully saturated rings. The Morgan fingerprint density at radius 3 is 2.69 bits per heavy atom. The Bertz CT molecular complexity index is 989. The minimum Gasteiger partial charge on any atom is -0.493 e. The van der Waals surface area contributed by atoms with Crippen molar-refractivity contribution in [3.05, 3.63) is 64.3 Å². The van der Waals surface area contributed by atoms with E-state index in [1.54, 1.807) is 36.4 Å². The van der Waals surface area contributed by atoms with E-state index in [1.165, 1.54) is 19.2 Å². The minimum absolute atomic E-state index is 0.245. The number of rotatable bonds is 7. The van der Waals surface area contributed by atoms with Crippen molar-refractivity contribution in [2.24, 2.45) is 4.99 Å². The summed E-state index contributed by atoms with van der Waals surface area (Å²) < 4.78 is 24.1. The van der Waals surface area contributed by atoms with E-state index >= 15 is 0 Å². The number of amides is 1. The Balaban J connectivity index is 1.72. The van der Waals surface area contributed by atoms with Gasteiger partial charge in [0.15, 0.2) is 16.7 Å². The van der Waals surface area contributed by atoms with Crippen molar-refractivity contribution in [1.29, 1.82) is 0 Å². The van der Waals surface area contributed by atoms with Crippen LogP contribution in [0.15, 0.2) is 52.4 Å². The molecule has 2 N–H and O–H groups in total. The zero-order valence-corrected chi connectivity index (χ0v) is 16.2. The number of hydrogen-bond donors (Lipinski definition) is 2. The lowest BCUT2D eigenvalue weighted by molar-refractivity contribution is -0.135. The van der Waals surface area contributed by atoms with Crippen LogP contribution in [0.2, 0.25) is 0 Å². The molecule has 2 aromatic carbocycles. The fourth-order valence-corrected chi connectivity index (χ4v) is 3.25. The summed E-state index contributed by atoms with van der Waals surface area (Å²) in [7, 11) is 1.50. The first-order valence-electron chi connectivity index (χ1n) is 8.47. The molecular weight excluding hydrogens is 399 g/mol. The van der Waals surface area contributed by atoms with E-state index in [9.17, 15) is 14.0 Å². The molecule has 0 aromatic heterocycles. The molecule has 0 aliphatic carbocycles. The second-order valence-corrected chi connectivity index (χ2v) is 6.94. The van der Waals surface area contributed by atoms with Gasteiger partial charge < -0.3 is 19.9 Å². The molecule has 0 bridgehead atoms. The van der Waals surface area contributed by atoms with Gasteiger partial charge in [-0.15, -0.1) is 0 Å². The number of halogens is 1. The molecule has 1 heterocycles. The molecule has 1 aliphatic heterocycles. The Morgan fingerprint density at radius 2 is 2.00 bits per heavy atom. The third kappa shape index (κ3) is 5.58. The van der Waals surface area contributed by atoms with Crippen molar-refractivity contribution in [2.75, 3.05) is 13.7 Å². The number of benzene rings is 2. The molecule has 1 aliphatic rings. The number of carboxylic acid groups (broad SMARTS) is 1. The van der Waals surface area contributed by atoms with Gasteiger partial charge in [-0.05, 0) is 53.2 Å². The van der Waals surface area contributed by atoms with Crippen LogP contribution in [0, 0.1) is 5.82 Å². The predicted molar refractivity (Wildman–Crippen MR) is 107 cm³/mol. The number of thioether (sulfide) groups is 1. The predicted octanol–water partition coefficient (Wildman–Crippen LogP) is 3.06. The lowest BCUT2D eigenvalue weighted by Crippen LogP contribution is -2.20. The molecule has 0 radical (unpaired) electrons. The third-order valence-electron chi connectivity index (χ3n) is 3.80. The number of hydrogen-bond acceptors (Lipinski definition) is 6. The Hall–Kier alpha value is -3.33. The number of aliphatic carboxylic acids is 1. The summed E-state index contributed by atoms with van der Waals surface area (Å²) in [6.07, 6.45) is 1.65. The number of nitrogens with zero attached hydrogens (tertiary/aromatic N) is 1. The van der Waals surface area contributed by atoms with E-state index in [0.717, 1.165) is 17.3 Å². The van der Waals surface area contributed by atoms with Gasteiger partial charge in [0, 0.05) is 0 Å². The zero-order valence-electron chi connectivity index (χ0n) is 15.3. The molecule has 9 heteroatoms. The number of methoxy groups -OCH3 is 1. The fourth-order valence-electron chi connectivity index (χ4n) is 2.43. The molecule has 2 aromatic rings. The summed E-state index contributed by atoms with van der Waals surface area (Å²) in [5.41, 5.74) is 1.51. The quantitative estimate of drug-likeness (QED) is 0.674. The molecule has 29 heavy (non-hydrogen) atoms. The average Bonchev–Trinajstić information content (AvgIpc) is 3.05.